The zero-order chi connectivity index (χ0) is 15.5. The predicted octanol–water partition coefficient (Wildman–Crippen LogP) is 1.44. The number of rotatable bonds is 4. The second kappa shape index (κ2) is 6.15. The molecule has 0 saturated carbocycles. The van der Waals surface area contributed by atoms with Crippen LogP contribution in [0.15, 0.2) is 12.4 Å². The third-order valence-corrected chi connectivity index (χ3v) is 4.28. The van der Waals surface area contributed by atoms with Gasteiger partial charge in [-0.15, -0.1) is 0 Å². The van der Waals surface area contributed by atoms with Crippen LogP contribution < -0.4 is 5.32 Å². The van der Waals surface area contributed by atoms with E-state index in [1.807, 2.05) is 0 Å². The van der Waals surface area contributed by atoms with Gasteiger partial charge in [-0.3, -0.25) is 9.89 Å². The summed E-state index contributed by atoms with van der Waals surface area (Å²) in [4.78, 5) is 25.2. The molecule has 1 aromatic heterocycles. The zero-order valence-electron chi connectivity index (χ0n) is 12.4. The highest BCUT2D eigenvalue weighted by Crippen LogP contribution is 2.34. The molecular weight excluding hydrogens is 272 g/mol. The van der Waals surface area contributed by atoms with Crippen molar-refractivity contribution >= 4 is 12.0 Å². The lowest BCUT2D eigenvalue weighted by atomic mass is 9.74. The zero-order valence-corrected chi connectivity index (χ0v) is 12.4. The Labute approximate surface area is 123 Å². The number of carbonyl (C=O) groups is 2. The van der Waals surface area contributed by atoms with Crippen molar-refractivity contribution < 1.29 is 14.7 Å². The minimum atomic E-state index is -0.816. The first-order valence-corrected chi connectivity index (χ1v) is 7.15. The molecule has 1 atom stereocenters. The normalized spacial score (nSPS) is 19.3. The van der Waals surface area contributed by atoms with Crippen molar-refractivity contribution in [3.8, 4) is 0 Å². The van der Waals surface area contributed by atoms with Gasteiger partial charge in [-0.2, -0.15) is 5.10 Å². The van der Waals surface area contributed by atoms with Gasteiger partial charge in [0.15, 0.2) is 0 Å². The quantitative estimate of drug-likeness (QED) is 0.782. The number of likely N-dealkylation sites (tertiary alicyclic amines) is 1. The van der Waals surface area contributed by atoms with Crippen LogP contribution in [0.25, 0.3) is 0 Å². The SMILES string of the molecule is CC(C)(C(=O)O)C1CCCN(C(=O)NCc2cn[nH]c2)C1. The number of aromatic amines is 1. The summed E-state index contributed by atoms with van der Waals surface area (Å²) in [5.74, 6) is -0.836. The first kappa shape index (κ1) is 15.3. The maximum atomic E-state index is 12.2. The van der Waals surface area contributed by atoms with E-state index >= 15 is 0 Å². The number of aromatic nitrogens is 2. The molecule has 1 unspecified atom stereocenters. The first-order chi connectivity index (χ1) is 9.91. The van der Waals surface area contributed by atoms with Gasteiger partial charge >= 0.3 is 12.0 Å². The maximum Gasteiger partial charge on any atom is 0.317 e. The minimum Gasteiger partial charge on any atom is -0.481 e. The molecule has 1 fully saturated rings. The van der Waals surface area contributed by atoms with Crippen LogP contribution in [0.1, 0.15) is 32.3 Å². The summed E-state index contributed by atoms with van der Waals surface area (Å²) in [5.41, 5.74) is 0.0894. The fraction of sp³-hybridized carbons (Fsp3) is 0.643. The van der Waals surface area contributed by atoms with Crippen LogP contribution in [0.2, 0.25) is 0 Å². The van der Waals surface area contributed by atoms with Crippen LogP contribution in [-0.4, -0.2) is 45.3 Å². The number of carbonyl (C=O) groups excluding carboxylic acids is 1. The molecule has 0 aliphatic carbocycles. The fourth-order valence-corrected chi connectivity index (χ4v) is 2.59. The van der Waals surface area contributed by atoms with E-state index in [1.54, 1.807) is 31.1 Å². The summed E-state index contributed by atoms with van der Waals surface area (Å²) in [6.45, 7) is 5.03. The molecule has 1 aromatic rings. The molecule has 2 rings (SSSR count). The van der Waals surface area contributed by atoms with E-state index in [1.165, 1.54) is 0 Å². The van der Waals surface area contributed by atoms with Crippen LogP contribution in [0.5, 0.6) is 0 Å². The standard InChI is InChI=1S/C14H22N4O3/c1-14(2,12(19)20)11-4-3-5-18(9-11)13(21)15-6-10-7-16-17-8-10/h7-8,11H,3-6,9H2,1-2H3,(H,15,21)(H,16,17)(H,19,20). The summed E-state index contributed by atoms with van der Waals surface area (Å²) >= 11 is 0. The smallest absolute Gasteiger partial charge is 0.317 e. The number of aliphatic carboxylic acids is 1. The maximum absolute atomic E-state index is 12.2. The lowest BCUT2D eigenvalue weighted by Gasteiger charge is -2.39. The van der Waals surface area contributed by atoms with E-state index < -0.39 is 11.4 Å². The number of nitrogens with one attached hydrogen (secondary N) is 2. The molecular formula is C14H22N4O3. The van der Waals surface area contributed by atoms with E-state index in [4.69, 9.17) is 0 Å². The third-order valence-electron chi connectivity index (χ3n) is 4.28. The van der Waals surface area contributed by atoms with Gasteiger partial charge in [0, 0.05) is 31.4 Å². The van der Waals surface area contributed by atoms with Crippen molar-refractivity contribution in [2.75, 3.05) is 13.1 Å². The lowest BCUT2D eigenvalue weighted by Crippen LogP contribution is -2.49. The summed E-state index contributed by atoms with van der Waals surface area (Å²) in [6.07, 6.45) is 5.06. The van der Waals surface area contributed by atoms with Crippen molar-refractivity contribution in [1.82, 2.24) is 20.4 Å². The molecule has 2 amide bonds. The molecule has 7 nitrogen and oxygen atoms in total. The second-order valence-electron chi connectivity index (χ2n) is 6.08. The number of urea groups is 1. The predicted molar refractivity (Wildman–Crippen MR) is 76.5 cm³/mol. The number of H-pyrrole nitrogens is 1. The molecule has 7 heteroatoms. The highest BCUT2D eigenvalue weighted by molar-refractivity contribution is 5.76. The van der Waals surface area contributed by atoms with Gasteiger partial charge in [-0.25, -0.2) is 4.79 Å². The van der Waals surface area contributed by atoms with E-state index in [-0.39, 0.29) is 11.9 Å². The van der Waals surface area contributed by atoms with Crippen molar-refractivity contribution in [3.05, 3.63) is 18.0 Å². The van der Waals surface area contributed by atoms with Crippen molar-refractivity contribution in [1.29, 1.82) is 0 Å². The monoisotopic (exact) mass is 294 g/mol. The van der Waals surface area contributed by atoms with Gasteiger partial charge in [0.25, 0.3) is 0 Å². The molecule has 116 valence electrons. The van der Waals surface area contributed by atoms with E-state index in [2.05, 4.69) is 15.5 Å². The molecule has 1 aliphatic rings. The molecule has 0 aromatic carbocycles. The molecule has 1 saturated heterocycles. The number of amides is 2. The number of carboxylic acid groups (broad SMARTS) is 1. The van der Waals surface area contributed by atoms with Gasteiger partial charge in [-0.1, -0.05) is 0 Å². The number of piperidine rings is 1. The molecule has 1 aliphatic heterocycles. The molecule has 0 spiro atoms. The largest absolute Gasteiger partial charge is 0.481 e. The van der Waals surface area contributed by atoms with E-state index in [0.717, 1.165) is 18.4 Å². The minimum absolute atomic E-state index is 0.0246. The number of nitrogens with zero attached hydrogens (tertiary/aromatic N) is 2. The summed E-state index contributed by atoms with van der Waals surface area (Å²) in [7, 11) is 0. The lowest BCUT2D eigenvalue weighted by molar-refractivity contribution is -0.151. The Hall–Kier alpha value is -2.05. The first-order valence-electron chi connectivity index (χ1n) is 7.15. The average molecular weight is 294 g/mol. The van der Waals surface area contributed by atoms with Gasteiger partial charge in [0.1, 0.15) is 0 Å². The molecule has 3 N–H and O–H groups in total. The van der Waals surface area contributed by atoms with E-state index in [9.17, 15) is 14.7 Å². The topological polar surface area (TPSA) is 98.3 Å². The van der Waals surface area contributed by atoms with Crippen LogP contribution in [0, 0.1) is 11.3 Å². The van der Waals surface area contributed by atoms with Crippen LogP contribution in [0.3, 0.4) is 0 Å². The Kier molecular flexibility index (Phi) is 4.50. The average Bonchev–Trinajstić information content (AvgIpc) is 2.98. The van der Waals surface area contributed by atoms with Gasteiger partial charge in [0.05, 0.1) is 11.6 Å². The van der Waals surface area contributed by atoms with Crippen LogP contribution in [-0.2, 0) is 11.3 Å². The van der Waals surface area contributed by atoms with Crippen LogP contribution in [0.4, 0.5) is 4.79 Å². The Bertz CT molecular complexity index is 498. The Morgan fingerprint density at radius 1 is 1.57 bits per heavy atom. The summed E-state index contributed by atoms with van der Waals surface area (Å²) in [6, 6.07) is -0.151. The fourth-order valence-electron chi connectivity index (χ4n) is 2.59. The highest BCUT2D eigenvalue weighted by atomic mass is 16.4. The molecule has 21 heavy (non-hydrogen) atoms. The number of carboxylic acids is 1. The second-order valence-corrected chi connectivity index (χ2v) is 6.08. The Morgan fingerprint density at radius 2 is 2.33 bits per heavy atom. The Morgan fingerprint density at radius 3 is 2.95 bits per heavy atom. The third kappa shape index (κ3) is 3.53. The Balaban J connectivity index is 1.91. The summed E-state index contributed by atoms with van der Waals surface area (Å²) < 4.78 is 0. The molecule has 0 bridgehead atoms. The van der Waals surface area contributed by atoms with Crippen LogP contribution >= 0.6 is 0 Å². The van der Waals surface area contributed by atoms with E-state index in [0.29, 0.717) is 19.6 Å². The van der Waals surface area contributed by atoms with Crippen molar-refractivity contribution in [3.63, 3.8) is 0 Å². The van der Waals surface area contributed by atoms with Gasteiger partial charge in [0.2, 0.25) is 0 Å². The highest BCUT2D eigenvalue weighted by Gasteiger charge is 2.39. The van der Waals surface area contributed by atoms with Gasteiger partial charge in [-0.05, 0) is 32.6 Å². The van der Waals surface area contributed by atoms with Crippen molar-refractivity contribution in [2.45, 2.75) is 33.2 Å². The summed E-state index contributed by atoms with van der Waals surface area (Å²) in [5, 5.41) is 18.7. The van der Waals surface area contributed by atoms with Gasteiger partial charge < -0.3 is 15.3 Å². The molecule has 0 radical (unpaired) electrons. The number of hydrogen-bond donors (Lipinski definition) is 3. The van der Waals surface area contributed by atoms with Crippen molar-refractivity contribution in [2.24, 2.45) is 11.3 Å². The number of hydrogen-bond acceptors (Lipinski definition) is 3. The molecule has 2 heterocycles.